The first-order valence-electron chi connectivity index (χ1n) is 6.80. The molecule has 0 spiro atoms. The van der Waals surface area contributed by atoms with Crippen molar-refractivity contribution in [3.8, 4) is 0 Å². The van der Waals surface area contributed by atoms with Crippen LogP contribution in [0.1, 0.15) is 13.3 Å². The lowest BCUT2D eigenvalue weighted by atomic mass is 10.3. The maximum absolute atomic E-state index is 11.7. The Kier molecular flexibility index (Phi) is 6.09. The second-order valence-electron chi connectivity index (χ2n) is 4.51. The SMILES string of the molecule is CCCNC(=O)CNC(=O)CSc1nc2ccc(Cl)cc2o1. The molecule has 118 valence electrons. The third kappa shape index (κ3) is 4.92. The molecule has 8 heteroatoms. The molecule has 0 fully saturated rings. The maximum Gasteiger partial charge on any atom is 0.257 e. The van der Waals surface area contributed by atoms with Gasteiger partial charge in [0, 0.05) is 17.6 Å². The van der Waals surface area contributed by atoms with Crippen LogP contribution in [0.5, 0.6) is 0 Å². The van der Waals surface area contributed by atoms with Gasteiger partial charge in [-0.25, -0.2) is 4.98 Å². The van der Waals surface area contributed by atoms with Crippen LogP contribution in [0.2, 0.25) is 5.02 Å². The Morgan fingerprint density at radius 3 is 2.91 bits per heavy atom. The van der Waals surface area contributed by atoms with Crippen molar-refractivity contribution in [2.24, 2.45) is 0 Å². The number of oxazole rings is 1. The van der Waals surface area contributed by atoms with E-state index in [-0.39, 0.29) is 24.1 Å². The molecule has 22 heavy (non-hydrogen) atoms. The van der Waals surface area contributed by atoms with Crippen molar-refractivity contribution in [3.63, 3.8) is 0 Å². The van der Waals surface area contributed by atoms with Crippen LogP contribution in [0, 0.1) is 0 Å². The van der Waals surface area contributed by atoms with E-state index in [9.17, 15) is 9.59 Å². The van der Waals surface area contributed by atoms with Gasteiger partial charge in [-0.05, 0) is 18.6 Å². The first-order chi connectivity index (χ1) is 10.6. The Morgan fingerprint density at radius 2 is 2.14 bits per heavy atom. The van der Waals surface area contributed by atoms with Crippen molar-refractivity contribution < 1.29 is 14.0 Å². The summed E-state index contributed by atoms with van der Waals surface area (Å²) in [5, 5.41) is 6.18. The number of rotatable bonds is 7. The number of nitrogens with zero attached hydrogens (tertiary/aromatic N) is 1. The minimum absolute atomic E-state index is 0.0252. The molecule has 0 aliphatic heterocycles. The standard InChI is InChI=1S/C14H16ClN3O3S/c1-2-5-16-12(19)7-17-13(20)8-22-14-18-10-4-3-9(15)6-11(10)21-14/h3-4,6H,2,5,7-8H2,1H3,(H,16,19)(H,17,20). The fourth-order valence-corrected chi connectivity index (χ4v) is 2.45. The molecule has 0 atom stereocenters. The maximum atomic E-state index is 11.7. The third-order valence-corrected chi connectivity index (χ3v) is 3.74. The van der Waals surface area contributed by atoms with Gasteiger partial charge in [0.2, 0.25) is 11.8 Å². The Bertz CT molecular complexity index is 674. The Morgan fingerprint density at radius 1 is 1.32 bits per heavy atom. The first-order valence-corrected chi connectivity index (χ1v) is 8.17. The number of amides is 2. The number of hydrogen-bond acceptors (Lipinski definition) is 5. The summed E-state index contributed by atoms with van der Waals surface area (Å²) in [4.78, 5) is 27.3. The van der Waals surface area contributed by atoms with E-state index < -0.39 is 0 Å². The van der Waals surface area contributed by atoms with Crippen molar-refractivity contribution in [3.05, 3.63) is 23.2 Å². The molecule has 2 amide bonds. The zero-order chi connectivity index (χ0) is 15.9. The van der Waals surface area contributed by atoms with Gasteiger partial charge in [-0.3, -0.25) is 9.59 Å². The molecule has 1 heterocycles. The molecule has 0 bridgehead atoms. The minimum atomic E-state index is -0.253. The van der Waals surface area contributed by atoms with Crippen LogP contribution in [0.15, 0.2) is 27.8 Å². The smallest absolute Gasteiger partial charge is 0.257 e. The van der Waals surface area contributed by atoms with Gasteiger partial charge in [0.15, 0.2) is 5.58 Å². The van der Waals surface area contributed by atoms with Crippen LogP contribution in [-0.2, 0) is 9.59 Å². The lowest BCUT2D eigenvalue weighted by molar-refractivity contribution is -0.124. The molecule has 2 aromatic rings. The van der Waals surface area contributed by atoms with E-state index in [4.69, 9.17) is 16.0 Å². The summed E-state index contributed by atoms with van der Waals surface area (Å²) in [5.41, 5.74) is 1.26. The number of hydrogen-bond donors (Lipinski definition) is 2. The Balaban J connectivity index is 1.78. The predicted molar refractivity (Wildman–Crippen MR) is 86.1 cm³/mol. The molecule has 0 saturated heterocycles. The van der Waals surface area contributed by atoms with Crippen LogP contribution in [0.4, 0.5) is 0 Å². The van der Waals surface area contributed by atoms with Crippen molar-refractivity contribution >= 4 is 46.3 Å². The van der Waals surface area contributed by atoms with Gasteiger partial charge in [-0.15, -0.1) is 0 Å². The van der Waals surface area contributed by atoms with E-state index in [1.165, 1.54) is 11.8 Å². The quantitative estimate of drug-likeness (QED) is 0.754. The molecule has 2 N–H and O–H groups in total. The summed E-state index contributed by atoms with van der Waals surface area (Å²) in [6, 6.07) is 5.15. The summed E-state index contributed by atoms with van der Waals surface area (Å²) in [5.74, 6) is -0.324. The zero-order valence-corrected chi connectivity index (χ0v) is 13.6. The third-order valence-electron chi connectivity index (χ3n) is 2.68. The second kappa shape index (κ2) is 8.05. The van der Waals surface area contributed by atoms with Gasteiger partial charge in [-0.2, -0.15) is 0 Å². The largest absolute Gasteiger partial charge is 0.431 e. The number of carbonyl (C=O) groups is 2. The number of fused-ring (bicyclic) bond motifs is 1. The van der Waals surface area contributed by atoms with Gasteiger partial charge in [0.25, 0.3) is 5.22 Å². The summed E-state index contributed by atoms with van der Waals surface area (Å²) in [6.45, 7) is 2.54. The van der Waals surface area contributed by atoms with Crippen LogP contribution < -0.4 is 10.6 Å². The average Bonchev–Trinajstić information content (AvgIpc) is 2.90. The molecular weight excluding hydrogens is 326 g/mol. The topological polar surface area (TPSA) is 84.2 Å². The van der Waals surface area contributed by atoms with Gasteiger partial charge < -0.3 is 15.1 Å². The van der Waals surface area contributed by atoms with Crippen LogP contribution >= 0.6 is 23.4 Å². The van der Waals surface area contributed by atoms with Crippen LogP contribution in [0.25, 0.3) is 11.1 Å². The number of benzene rings is 1. The summed E-state index contributed by atoms with van der Waals surface area (Å²) in [6.07, 6.45) is 0.858. The Hall–Kier alpha value is -1.73. The highest BCUT2D eigenvalue weighted by molar-refractivity contribution is 7.99. The number of carbonyl (C=O) groups excluding carboxylic acids is 2. The van der Waals surface area contributed by atoms with E-state index in [1.807, 2.05) is 6.92 Å². The van der Waals surface area contributed by atoms with Gasteiger partial charge in [0.05, 0.1) is 12.3 Å². The minimum Gasteiger partial charge on any atom is -0.431 e. The number of aromatic nitrogens is 1. The average molecular weight is 342 g/mol. The van der Waals surface area contributed by atoms with E-state index >= 15 is 0 Å². The Labute approximate surface area is 137 Å². The highest BCUT2D eigenvalue weighted by Gasteiger charge is 2.10. The zero-order valence-electron chi connectivity index (χ0n) is 12.0. The summed E-state index contributed by atoms with van der Waals surface area (Å²) < 4.78 is 5.49. The molecule has 2 rings (SSSR count). The molecular formula is C14H16ClN3O3S. The van der Waals surface area contributed by atoms with Crippen LogP contribution in [0.3, 0.4) is 0 Å². The van der Waals surface area contributed by atoms with E-state index in [0.717, 1.165) is 6.42 Å². The second-order valence-corrected chi connectivity index (χ2v) is 5.87. The molecule has 0 aliphatic carbocycles. The fourth-order valence-electron chi connectivity index (χ4n) is 1.62. The number of halogens is 1. The molecule has 1 aromatic heterocycles. The lowest BCUT2D eigenvalue weighted by Gasteiger charge is -2.04. The normalized spacial score (nSPS) is 10.6. The van der Waals surface area contributed by atoms with Gasteiger partial charge in [-0.1, -0.05) is 30.3 Å². The van der Waals surface area contributed by atoms with Crippen LogP contribution in [-0.4, -0.2) is 35.6 Å². The summed E-state index contributed by atoms with van der Waals surface area (Å²) in [7, 11) is 0. The van der Waals surface area contributed by atoms with Gasteiger partial charge >= 0.3 is 0 Å². The molecule has 0 unspecified atom stereocenters. The summed E-state index contributed by atoms with van der Waals surface area (Å²) >= 11 is 7.03. The molecule has 1 aromatic carbocycles. The van der Waals surface area contributed by atoms with Crippen molar-refractivity contribution in [1.29, 1.82) is 0 Å². The monoisotopic (exact) mass is 341 g/mol. The highest BCUT2D eigenvalue weighted by Crippen LogP contribution is 2.25. The number of thioether (sulfide) groups is 1. The first kappa shape index (κ1) is 16.6. The molecule has 6 nitrogen and oxygen atoms in total. The molecule has 0 radical (unpaired) electrons. The molecule has 0 aliphatic rings. The number of nitrogens with one attached hydrogen (secondary N) is 2. The van der Waals surface area contributed by atoms with Crippen molar-refractivity contribution in [1.82, 2.24) is 15.6 Å². The van der Waals surface area contributed by atoms with E-state index in [1.54, 1.807) is 18.2 Å². The van der Waals surface area contributed by atoms with Crippen molar-refractivity contribution in [2.45, 2.75) is 18.6 Å². The fraction of sp³-hybridized carbons (Fsp3) is 0.357. The lowest BCUT2D eigenvalue weighted by Crippen LogP contribution is -2.37. The predicted octanol–water partition coefficient (Wildman–Crippen LogP) is 2.22. The van der Waals surface area contributed by atoms with E-state index in [2.05, 4.69) is 15.6 Å². The van der Waals surface area contributed by atoms with Crippen molar-refractivity contribution in [2.75, 3.05) is 18.8 Å². The highest BCUT2D eigenvalue weighted by atomic mass is 35.5. The molecule has 0 saturated carbocycles. The van der Waals surface area contributed by atoms with Gasteiger partial charge in [0.1, 0.15) is 5.52 Å². The van der Waals surface area contributed by atoms with E-state index in [0.29, 0.717) is 27.9 Å².